The Morgan fingerprint density at radius 1 is 1.40 bits per heavy atom. The first-order chi connectivity index (χ1) is 12.2. The van der Waals surface area contributed by atoms with Crippen LogP contribution in [-0.2, 0) is 11.8 Å². The normalized spacial score (nSPS) is 20.5. The number of nitrogens with zero attached hydrogens (tertiary/aromatic N) is 4. The highest BCUT2D eigenvalue weighted by atomic mass is 16.5. The number of carbonyl (C=O) groups excluding carboxylic acids is 1. The molecule has 0 aromatic carbocycles. The van der Waals surface area contributed by atoms with E-state index in [4.69, 9.17) is 9.47 Å². The van der Waals surface area contributed by atoms with Crippen LogP contribution in [0.5, 0.6) is 5.88 Å². The highest BCUT2D eigenvalue weighted by Crippen LogP contribution is 2.17. The Labute approximate surface area is 144 Å². The van der Waals surface area contributed by atoms with Gasteiger partial charge in [0.1, 0.15) is 17.3 Å². The van der Waals surface area contributed by atoms with Crippen LogP contribution in [0, 0.1) is 0 Å². The van der Waals surface area contributed by atoms with Crippen LogP contribution in [0.3, 0.4) is 0 Å². The lowest BCUT2D eigenvalue weighted by Crippen LogP contribution is -2.51. The van der Waals surface area contributed by atoms with Gasteiger partial charge in [0.2, 0.25) is 5.88 Å². The van der Waals surface area contributed by atoms with Crippen LogP contribution in [-0.4, -0.2) is 50.4 Å². The average Bonchev–Trinajstić information content (AvgIpc) is 3.21. The van der Waals surface area contributed by atoms with E-state index in [2.05, 4.69) is 15.4 Å². The zero-order valence-electron chi connectivity index (χ0n) is 13.8. The quantitative estimate of drug-likeness (QED) is 0.766. The second kappa shape index (κ2) is 6.56. The molecular formula is C17H19N5O3. The Morgan fingerprint density at radius 2 is 2.32 bits per heavy atom. The van der Waals surface area contributed by atoms with E-state index in [1.54, 1.807) is 23.0 Å². The fourth-order valence-electron chi connectivity index (χ4n) is 3.02. The third-order valence-corrected chi connectivity index (χ3v) is 4.31. The molecule has 3 aromatic rings. The minimum absolute atomic E-state index is 0.154. The van der Waals surface area contributed by atoms with E-state index in [1.807, 2.05) is 36.1 Å². The first-order valence-corrected chi connectivity index (χ1v) is 8.17. The molecule has 0 saturated carbocycles. The summed E-state index contributed by atoms with van der Waals surface area (Å²) in [5.74, 6) is 0.353. The number of carbonyl (C=O) groups is 1. The maximum Gasteiger partial charge on any atom is 0.257 e. The van der Waals surface area contributed by atoms with Gasteiger partial charge in [-0.2, -0.15) is 5.10 Å². The summed E-state index contributed by atoms with van der Waals surface area (Å²) >= 11 is 0. The molecule has 1 aliphatic rings. The van der Waals surface area contributed by atoms with Crippen molar-refractivity contribution in [1.29, 1.82) is 0 Å². The van der Waals surface area contributed by atoms with Crippen molar-refractivity contribution < 1.29 is 14.3 Å². The van der Waals surface area contributed by atoms with Gasteiger partial charge in [0.15, 0.2) is 0 Å². The van der Waals surface area contributed by atoms with Gasteiger partial charge in [0, 0.05) is 38.3 Å². The number of hydrogen-bond donors (Lipinski definition) is 1. The number of fused-ring (bicyclic) bond motifs is 1. The zero-order valence-corrected chi connectivity index (χ0v) is 13.8. The van der Waals surface area contributed by atoms with E-state index >= 15 is 0 Å². The van der Waals surface area contributed by atoms with Gasteiger partial charge in [-0.25, -0.2) is 9.50 Å². The van der Waals surface area contributed by atoms with E-state index in [0.717, 1.165) is 5.65 Å². The first kappa shape index (κ1) is 15.6. The summed E-state index contributed by atoms with van der Waals surface area (Å²) in [6.45, 7) is 0.996. The summed E-state index contributed by atoms with van der Waals surface area (Å²) in [4.78, 5) is 16.9. The number of hydrogen-bond acceptors (Lipinski definition) is 5. The summed E-state index contributed by atoms with van der Waals surface area (Å²) in [5.41, 5.74) is 1.29. The smallest absolute Gasteiger partial charge is 0.257 e. The molecule has 1 saturated heterocycles. The first-order valence-electron chi connectivity index (χ1n) is 8.17. The Morgan fingerprint density at radius 3 is 3.16 bits per heavy atom. The topological polar surface area (TPSA) is 82.7 Å². The van der Waals surface area contributed by atoms with E-state index in [-0.39, 0.29) is 18.1 Å². The fraction of sp³-hybridized carbons (Fsp3) is 0.353. The van der Waals surface area contributed by atoms with Crippen LogP contribution >= 0.6 is 0 Å². The van der Waals surface area contributed by atoms with Crippen molar-refractivity contribution in [3.63, 3.8) is 0 Å². The maximum atomic E-state index is 12.7. The van der Waals surface area contributed by atoms with Crippen molar-refractivity contribution in [3.8, 4) is 5.88 Å². The number of imidazole rings is 1. The van der Waals surface area contributed by atoms with Crippen molar-refractivity contribution in [2.45, 2.75) is 18.6 Å². The molecule has 0 aliphatic carbocycles. The van der Waals surface area contributed by atoms with Crippen molar-refractivity contribution in [2.24, 2.45) is 7.05 Å². The molecule has 4 rings (SSSR count). The molecule has 1 fully saturated rings. The standard InChI is InChI=1S/C17H19N5O3/c1-21-7-8-22-17(21)12(10-19-22)16(23)20-13-5-9-24-11-14(13)25-15-4-2-3-6-18-15/h2-4,6-8,10,13-14H,5,9,11H2,1H3,(H,20,23)/t13-,14-/m1/s1. The molecule has 1 amide bonds. The number of aryl methyl sites for hydroxylation is 1. The molecule has 3 aromatic heterocycles. The number of pyridine rings is 1. The summed E-state index contributed by atoms with van der Waals surface area (Å²) in [6.07, 6.45) is 7.33. The van der Waals surface area contributed by atoms with E-state index in [0.29, 0.717) is 31.1 Å². The molecule has 1 aliphatic heterocycles. The second-order valence-electron chi connectivity index (χ2n) is 6.00. The van der Waals surface area contributed by atoms with Gasteiger partial charge >= 0.3 is 0 Å². The number of aromatic nitrogens is 4. The number of ether oxygens (including phenoxy) is 2. The lowest BCUT2D eigenvalue weighted by Gasteiger charge is -2.31. The molecule has 8 nitrogen and oxygen atoms in total. The summed E-state index contributed by atoms with van der Waals surface area (Å²) in [6, 6.07) is 5.32. The lowest BCUT2D eigenvalue weighted by atomic mass is 10.1. The molecule has 0 bridgehead atoms. The summed E-state index contributed by atoms with van der Waals surface area (Å²) in [5, 5.41) is 7.27. The third kappa shape index (κ3) is 3.08. The molecule has 4 heterocycles. The Hall–Kier alpha value is -2.87. The van der Waals surface area contributed by atoms with Crippen LogP contribution in [0.1, 0.15) is 16.8 Å². The second-order valence-corrected chi connectivity index (χ2v) is 6.00. The van der Waals surface area contributed by atoms with Crippen LogP contribution in [0.15, 0.2) is 43.0 Å². The Balaban J connectivity index is 1.51. The highest BCUT2D eigenvalue weighted by Gasteiger charge is 2.30. The molecule has 1 N–H and O–H groups in total. The molecule has 0 spiro atoms. The molecular weight excluding hydrogens is 322 g/mol. The summed E-state index contributed by atoms with van der Waals surface area (Å²) < 4.78 is 15.0. The van der Waals surface area contributed by atoms with Gasteiger partial charge in [0.25, 0.3) is 5.91 Å². The Bertz CT molecular complexity index is 873. The van der Waals surface area contributed by atoms with Crippen molar-refractivity contribution in [2.75, 3.05) is 13.2 Å². The average molecular weight is 341 g/mol. The van der Waals surface area contributed by atoms with Gasteiger partial charge < -0.3 is 19.4 Å². The maximum absolute atomic E-state index is 12.7. The minimum atomic E-state index is -0.285. The van der Waals surface area contributed by atoms with Crippen molar-refractivity contribution in [3.05, 3.63) is 48.5 Å². The molecule has 130 valence electrons. The van der Waals surface area contributed by atoms with E-state index < -0.39 is 0 Å². The molecule has 0 radical (unpaired) electrons. The largest absolute Gasteiger partial charge is 0.470 e. The van der Waals surface area contributed by atoms with E-state index in [9.17, 15) is 4.79 Å². The Kier molecular flexibility index (Phi) is 4.10. The summed E-state index contributed by atoms with van der Waals surface area (Å²) in [7, 11) is 1.88. The molecule has 25 heavy (non-hydrogen) atoms. The van der Waals surface area contributed by atoms with Gasteiger partial charge in [-0.15, -0.1) is 0 Å². The van der Waals surface area contributed by atoms with Crippen molar-refractivity contribution in [1.82, 2.24) is 24.5 Å². The molecule has 0 unspecified atom stereocenters. The lowest BCUT2D eigenvalue weighted by molar-refractivity contribution is -0.0152. The van der Waals surface area contributed by atoms with E-state index in [1.165, 1.54) is 0 Å². The molecule has 2 atom stereocenters. The van der Waals surface area contributed by atoms with Crippen LogP contribution < -0.4 is 10.1 Å². The van der Waals surface area contributed by atoms with Gasteiger partial charge in [0.05, 0.1) is 18.8 Å². The number of rotatable bonds is 4. The van der Waals surface area contributed by atoms with Gasteiger partial charge in [-0.1, -0.05) is 6.07 Å². The molecule has 8 heteroatoms. The monoisotopic (exact) mass is 341 g/mol. The number of amides is 1. The van der Waals surface area contributed by atoms with Crippen LogP contribution in [0.2, 0.25) is 0 Å². The van der Waals surface area contributed by atoms with Gasteiger partial charge in [-0.05, 0) is 12.5 Å². The van der Waals surface area contributed by atoms with Crippen molar-refractivity contribution >= 4 is 11.6 Å². The SMILES string of the molecule is Cn1ccn2ncc(C(=O)N[C@@H]3CCOC[C@H]3Oc3ccccn3)c12. The predicted molar refractivity (Wildman–Crippen MR) is 89.5 cm³/mol. The zero-order chi connectivity index (χ0) is 17.2. The number of nitrogens with one attached hydrogen (secondary N) is 1. The predicted octanol–water partition coefficient (Wildman–Crippen LogP) is 1.03. The van der Waals surface area contributed by atoms with Crippen LogP contribution in [0.25, 0.3) is 5.65 Å². The third-order valence-electron chi connectivity index (χ3n) is 4.31. The fourth-order valence-corrected chi connectivity index (χ4v) is 3.02. The minimum Gasteiger partial charge on any atom is -0.470 e. The highest BCUT2D eigenvalue weighted by molar-refractivity contribution is 6.00. The van der Waals surface area contributed by atoms with Gasteiger partial charge in [-0.3, -0.25) is 4.79 Å². The van der Waals surface area contributed by atoms with Crippen LogP contribution in [0.4, 0.5) is 0 Å².